The van der Waals surface area contributed by atoms with Crippen LogP contribution in [-0.2, 0) is 6.61 Å². The molecule has 0 atom stereocenters. The Labute approximate surface area is 167 Å². The van der Waals surface area contributed by atoms with Gasteiger partial charge in [0.25, 0.3) is 0 Å². The van der Waals surface area contributed by atoms with E-state index in [4.69, 9.17) is 15.9 Å². The topological polar surface area (TPSA) is 71.1 Å². The second kappa shape index (κ2) is 9.52. The molecule has 0 aliphatic heterocycles. The van der Waals surface area contributed by atoms with Crippen molar-refractivity contribution in [2.75, 3.05) is 11.6 Å². The first kappa shape index (κ1) is 20.2. The van der Waals surface area contributed by atoms with Crippen molar-refractivity contribution in [3.05, 3.63) is 71.1 Å². The van der Waals surface area contributed by atoms with E-state index in [2.05, 4.69) is 5.32 Å². The second-order valence-corrected chi connectivity index (χ2v) is 7.48. The van der Waals surface area contributed by atoms with Crippen LogP contribution >= 0.6 is 35.5 Å². The number of thioether (sulfide) groups is 1. The monoisotopic (exact) mass is 405 g/mol. The number of nitrogen functional groups attached to an aromatic ring is 1. The summed E-state index contributed by atoms with van der Waals surface area (Å²) in [5.74, 6) is 0.923. The predicted molar refractivity (Wildman–Crippen MR) is 115 cm³/mol. The van der Waals surface area contributed by atoms with Crippen LogP contribution in [0.2, 0.25) is 0 Å². The highest BCUT2D eigenvalue weighted by atomic mass is 35.5. The first-order valence-electron chi connectivity index (χ1n) is 7.72. The number of ether oxygens (including phenoxy) is 1. The Morgan fingerprint density at radius 3 is 2.46 bits per heavy atom. The van der Waals surface area contributed by atoms with Crippen LogP contribution in [0.25, 0.3) is 0 Å². The maximum atomic E-state index is 7.58. The van der Waals surface area contributed by atoms with Gasteiger partial charge < -0.3 is 15.8 Å². The number of thiophene rings is 1. The average molecular weight is 406 g/mol. The summed E-state index contributed by atoms with van der Waals surface area (Å²) in [6, 6.07) is 19.9. The number of nitrogens with two attached hydrogens (primary N) is 1. The summed E-state index contributed by atoms with van der Waals surface area (Å²) in [6.45, 7) is 0.552. The Hall–Kier alpha value is -2.15. The highest BCUT2D eigenvalue weighted by Gasteiger charge is 2.10. The summed E-state index contributed by atoms with van der Waals surface area (Å²) in [6.07, 6.45) is 2.02. The lowest BCUT2D eigenvalue weighted by molar-refractivity contribution is 0.306. The molecule has 26 heavy (non-hydrogen) atoms. The van der Waals surface area contributed by atoms with Crippen LogP contribution in [0.1, 0.15) is 10.4 Å². The summed E-state index contributed by atoms with van der Waals surface area (Å²) in [5.41, 5.74) is 8.67. The second-order valence-electron chi connectivity index (χ2n) is 5.35. The molecule has 2 aromatic carbocycles. The molecule has 0 amide bonds. The van der Waals surface area contributed by atoms with Gasteiger partial charge in [0.2, 0.25) is 0 Å². The Morgan fingerprint density at radius 2 is 1.85 bits per heavy atom. The SMILES string of the molecule is CSc1sc(C(=N)N)cc1Nc1ccc(OCc2ccccc2)cc1.Cl. The lowest BCUT2D eigenvalue weighted by atomic mass is 10.2. The molecule has 3 aromatic rings. The fourth-order valence-corrected chi connectivity index (χ4v) is 3.92. The third-order valence-electron chi connectivity index (χ3n) is 3.53. The van der Waals surface area contributed by atoms with Gasteiger partial charge in [0, 0.05) is 5.69 Å². The third-order valence-corrected chi connectivity index (χ3v) is 5.83. The number of hydrogen-bond acceptors (Lipinski definition) is 5. The van der Waals surface area contributed by atoms with Gasteiger partial charge in [-0.3, -0.25) is 5.41 Å². The van der Waals surface area contributed by atoms with Crippen LogP contribution in [0.4, 0.5) is 11.4 Å². The highest BCUT2D eigenvalue weighted by Crippen LogP contribution is 2.36. The van der Waals surface area contributed by atoms with E-state index in [1.165, 1.54) is 11.3 Å². The molecular weight excluding hydrogens is 386 g/mol. The number of benzene rings is 2. The first-order valence-corrected chi connectivity index (χ1v) is 9.76. The maximum absolute atomic E-state index is 7.58. The van der Waals surface area contributed by atoms with E-state index in [1.54, 1.807) is 11.8 Å². The van der Waals surface area contributed by atoms with E-state index < -0.39 is 0 Å². The molecule has 1 heterocycles. The number of rotatable bonds is 7. The average Bonchev–Trinajstić information content (AvgIpc) is 3.05. The zero-order valence-corrected chi connectivity index (χ0v) is 16.6. The minimum absolute atomic E-state index is 0. The van der Waals surface area contributed by atoms with Gasteiger partial charge in [-0.15, -0.1) is 35.5 Å². The molecule has 0 fully saturated rings. The molecule has 3 rings (SSSR count). The molecule has 0 spiro atoms. The van der Waals surface area contributed by atoms with Gasteiger partial charge in [-0.05, 0) is 42.2 Å². The fourth-order valence-electron chi connectivity index (χ4n) is 2.28. The van der Waals surface area contributed by atoms with Crippen molar-refractivity contribution in [3.63, 3.8) is 0 Å². The molecule has 0 bridgehead atoms. The van der Waals surface area contributed by atoms with Gasteiger partial charge in [0.15, 0.2) is 0 Å². The standard InChI is InChI=1S/C19H19N3OS2.ClH/c1-24-19-16(11-17(25-19)18(20)21)22-14-7-9-15(10-8-14)23-12-13-5-3-2-4-6-13;/h2-11,22H,12H2,1H3,(H3,20,21);1H. The molecular formula is C19H20ClN3OS2. The highest BCUT2D eigenvalue weighted by molar-refractivity contribution is 8.00. The molecule has 0 saturated heterocycles. The van der Waals surface area contributed by atoms with Crippen LogP contribution in [0, 0.1) is 5.41 Å². The Balaban J connectivity index is 0.00000243. The normalized spacial score (nSPS) is 10.0. The van der Waals surface area contributed by atoms with Crippen LogP contribution in [0.5, 0.6) is 5.75 Å². The molecule has 1 aromatic heterocycles. The zero-order valence-electron chi connectivity index (χ0n) is 14.2. The smallest absolute Gasteiger partial charge is 0.133 e. The Kier molecular flexibility index (Phi) is 7.38. The molecule has 4 N–H and O–H groups in total. The van der Waals surface area contributed by atoms with Crippen LogP contribution < -0.4 is 15.8 Å². The van der Waals surface area contributed by atoms with E-state index in [9.17, 15) is 0 Å². The minimum atomic E-state index is 0. The van der Waals surface area contributed by atoms with Gasteiger partial charge in [-0.1, -0.05) is 30.3 Å². The Bertz CT molecular complexity index is 851. The van der Waals surface area contributed by atoms with Crippen molar-refractivity contribution in [2.45, 2.75) is 10.8 Å². The molecule has 0 radical (unpaired) electrons. The summed E-state index contributed by atoms with van der Waals surface area (Å²) < 4.78 is 6.91. The molecule has 0 saturated carbocycles. The van der Waals surface area contributed by atoms with E-state index in [0.29, 0.717) is 6.61 Å². The molecule has 136 valence electrons. The van der Waals surface area contributed by atoms with Gasteiger partial charge in [0.05, 0.1) is 14.8 Å². The first-order chi connectivity index (χ1) is 12.2. The van der Waals surface area contributed by atoms with Crippen LogP contribution in [0.3, 0.4) is 0 Å². The Morgan fingerprint density at radius 1 is 1.15 bits per heavy atom. The van der Waals surface area contributed by atoms with E-state index in [0.717, 1.165) is 31.8 Å². The molecule has 7 heteroatoms. The van der Waals surface area contributed by atoms with Gasteiger partial charge in [0.1, 0.15) is 18.2 Å². The largest absolute Gasteiger partial charge is 0.489 e. The van der Waals surface area contributed by atoms with Crippen molar-refractivity contribution >= 4 is 52.7 Å². The number of amidine groups is 1. The van der Waals surface area contributed by atoms with Crippen LogP contribution in [-0.4, -0.2) is 12.1 Å². The maximum Gasteiger partial charge on any atom is 0.133 e. The van der Waals surface area contributed by atoms with E-state index in [1.807, 2.05) is 66.9 Å². The van der Waals surface area contributed by atoms with E-state index >= 15 is 0 Å². The minimum Gasteiger partial charge on any atom is -0.489 e. The number of hydrogen-bond donors (Lipinski definition) is 3. The lowest BCUT2D eigenvalue weighted by Gasteiger charge is -2.09. The zero-order chi connectivity index (χ0) is 17.6. The molecule has 0 aliphatic rings. The number of anilines is 2. The van der Waals surface area contributed by atoms with Crippen molar-refractivity contribution in [1.29, 1.82) is 5.41 Å². The summed E-state index contributed by atoms with van der Waals surface area (Å²) in [7, 11) is 0. The van der Waals surface area contributed by atoms with Crippen LogP contribution in [0.15, 0.2) is 64.9 Å². The third kappa shape index (κ3) is 5.17. The predicted octanol–water partition coefficient (Wildman–Crippen LogP) is 5.50. The van der Waals surface area contributed by atoms with Gasteiger partial charge in [-0.25, -0.2) is 0 Å². The number of halogens is 1. The molecule has 0 aliphatic carbocycles. The van der Waals surface area contributed by atoms with Gasteiger partial charge in [-0.2, -0.15) is 0 Å². The lowest BCUT2D eigenvalue weighted by Crippen LogP contribution is -2.08. The molecule has 0 unspecified atom stereocenters. The summed E-state index contributed by atoms with van der Waals surface area (Å²) in [4.78, 5) is 0.773. The van der Waals surface area contributed by atoms with Crippen molar-refractivity contribution < 1.29 is 4.74 Å². The van der Waals surface area contributed by atoms with Gasteiger partial charge >= 0.3 is 0 Å². The number of nitrogens with one attached hydrogen (secondary N) is 2. The summed E-state index contributed by atoms with van der Waals surface area (Å²) >= 11 is 3.16. The van der Waals surface area contributed by atoms with E-state index in [-0.39, 0.29) is 18.2 Å². The summed E-state index contributed by atoms with van der Waals surface area (Å²) in [5, 5.41) is 11.0. The fraction of sp³-hybridized carbons (Fsp3) is 0.105. The van der Waals surface area contributed by atoms with Crippen molar-refractivity contribution in [2.24, 2.45) is 5.73 Å². The molecule has 4 nitrogen and oxygen atoms in total. The van der Waals surface area contributed by atoms with Crippen molar-refractivity contribution in [3.8, 4) is 5.75 Å². The van der Waals surface area contributed by atoms with Crippen molar-refractivity contribution in [1.82, 2.24) is 0 Å². The quantitative estimate of drug-likeness (QED) is 0.276.